The van der Waals surface area contributed by atoms with Gasteiger partial charge in [-0.2, -0.15) is 0 Å². The van der Waals surface area contributed by atoms with Crippen LogP contribution in [0.15, 0.2) is 150 Å². The minimum Gasteiger partial charge on any atom is -0.316 e. The van der Waals surface area contributed by atoms with Crippen molar-refractivity contribution in [2.24, 2.45) is 0 Å². The molecule has 0 N–H and O–H groups in total. The standard InChI is InChI=1S/C40H34BrNS/c1-5-12-28(13-6-2)19-18-27(4)26-36-33-16-10-11-17-34(33)37-35-25-20-29-14-8-9-15-32(29)39(35)43-40(37)38(36)42(7-3)31-23-21-30(41)22-24-31/h5-11,13-25H,1,3,12,26H2,2,4H3/b13-6-,27-18+,28-19+. The van der Waals surface area contributed by atoms with Gasteiger partial charge in [-0.3, -0.25) is 0 Å². The molecular formula is C40H34BrNS. The molecule has 6 aromatic rings. The molecule has 0 spiro atoms. The Bertz CT molecular complexity index is 2090. The second kappa shape index (κ2) is 12.6. The van der Waals surface area contributed by atoms with E-state index in [0.717, 1.165) is 23.0 Å². The summed E-state index contributed by atoms with van der Waals surface area (Å²) in [6.45, 7) is 12.6. The molecule has 0 saturated carbocycles. The molecule has 1 nitrogen and oxygen atoms in total. The predicted molar refractivity (Wildman–Crippen MR) is 196 cm³/mol. The van der Waals surface area contributed by atoms with Crippen LogP contribution in [0, 0.1) is 0 Å². The van der Waals surface area contributed by atoms with Crippen LogP contribution < -0.4 is 4.90 Å². The summed E-state index contributed by atoms with van der Waals surface area (Å²) in [7, 11) is 0. The lowest BCUT2D eigenvalue weighted by Gasteiger charge is -2.26. The largest absolute Gasteiger partial charge is 0.316 e. The molecule has 6 rings (SSSR count). The molecule has 1 aromatic heterocycles. The van der Waals surface area contributed by atoms with Gasteiger partial charge in [0.1, 0.15) is 0 Å². The van der Waals surface area contributed by atoms with Gasteiger partial charge in [0.25, 0.3) is 0 Å². The summed E-state index contributed by atoms with van der Waals surface area (Å²) in [5.41, 5.74) is 6.13. The molecule has 1 heterocycles. The van der Waals surface area contributed by atoms with Crippen LogP contribution >= 0.6 is 27.3 Å². The van der Waals surface area contributed by atoms with Crippen molar-refractivity contribution < 1.29 is 0 Å². The molecule has 0 amide bonds. The van der Waals surface area contributed by atoms with E-state index in [1.54, 1.807) is 0 Å². The summed E-state index contributed by atoms with van der Waals surface area (Å²) in [5, 5.41) is 7.75. The fraction of sp³-hybridized carbons (Fsp3) is 0.100. The Morgan fingerprint density at radius 3 is 2.26 bits per heavy atom. The van der Waals surface area contributed by atoms with Gasteiger partial charge in [-0.25, -0.2) is 0 Å². The zero-order valence-electron chi connectivity index (χ0n) is 24.6. The molecule has 0 saturated heterocycles. The summed E-state index contributed by atoms with van der Waals surface area (Å²) in [6, 6.07) is 30.7. The fourth-order valence-corrected chi connectivity index (χ4v) is 7.69. The Kier molecular flexibility index (Phi) is 8.47. The van der Waals surface area contributed by atoms with E-state index in [4.69, 9.17) is 0 Å². The van der Waals surface area contributed by atoms with E-state index in [2.05, 4.69) is 157 Å². The van der Waals surface area contributed by atoms with E-state index in [9.17, 15) is 0 Å². The molecule has 43 heavy (non-hydrogen) atoms. The van der Waals surface area contributed by atoms with E-state index in [0.29, 0.717) is 0 Å². The minimum absolute atomic E-state index is 0.815. The second-order valence-corrected chi connectivity index (χ2v) is 12.7. The van der Waals surface area contributed by atoms with E-state index in [1.807, 2.05) is 23.6 Å². The molecule has 212 valence electrons. The maximum atomic E-state index is 4.33. The Morgan fingerprint density at radius 1 is 0.814 bits per heavy atom. The zero-order valence-corrected chi connectivity index (χ0v) is 27.0. The number of rotatable bonds is 9. The first kappa shape index (κ1) is 28.9. The zero-order chi connectivity index (χ0) is 29.9. The van der Waals surface area contributed by atoms with Crippen molar-refractivity contribution in [1.82, 2.24) is 0 Å². The topological polar surface area (TPSA) is 3.24 Å². The number of nitrogens with zero attached hydrogens (tertiary/aromatic N) is 1. The van der Waals surface area contributed by atoms with Crippen molar-refractivity contribution in [3.8, 4) is 0 Å². The van der Waals surface area contributed by atoms with Gasteiger partial charge in [0.05, 0.1) is 10.4 Å². The van der Waals surface area contributed by atoms with Gasteiger partial charge in [0.2, 0.25) is 0 Å². The van der Waals surface area contributed by atoms with Crippen molar-refractivity contribution in [2.75, 3.05) is 4.90 Å². The van der Waals surface area contributed by atoms with E-state index in [-0.39, 0.29) is 0 Å². The highest BCUT2D eigenvalue weighted by molar-refractivity contribution is 9.10. The molecule has 0 aliphatic carbocycles. The van der Waals surface area contributed by atoms with Gasteiger partial charge in [-0.15, -0.1) is 17.9 Å². The van der Waals surface area contributed by atoms with Crippen LogP contribution in [-0.2, 0) is 6.42 Å². The lowest BCUT2D eigenvalue weighted by Crippen LogP contribution is -2.11. The number of anilines is 2. The number of allylic oxidation sites excluding steroid dienone is 7. The number of hydrogen-bond acceptors (Lipinski definition) is 2. The van der Waals surface area contributed by atoms with Crippen LogP contribution in [0.1, 0.15) is 25.8 Å². The molecule has 0 aliphatic heterocycles. The number of fused-ring (bicyclic) bond motifs is 7. The Labute approximate surface area is 266 Å². The van der Waals surface area contributed by atoms with Gasteiger partial charge >= 0.3 is 0 Å². The van der Waals surface area contributed by atoms with E-state index >= 15 is 0 Å². The number of hydrogen-bond donors (Lipinski definition) is 0. The summed E-state index contributed by atoms with van der Waals surface area (Å²) in [5.74, 6) is 0. The Morgan fingerprint density at radius 2 is 1.53 bits per heavy atom. The van der Waals surface area contributed by atoms with Gasteiger partial charge in [0.15, 0.2) is 0 Å². The highest BCUT2D eigenvalue weighted by atomic mass is 79.9. The third kappa shape index (κ3) is 5.51. The molecule has 0 aliphatic rings. The molecule has 3 heteroatoms. The van der Waals surface area contributed by atoms with Gasteiger partial charge < -0.3 is 4.90 Å². The lowest BCUT2D eigenvalue weighted by molar-refractivity contribution is 1.14. The van der Waals surface area contributed by atoms with Crippen molar-refractivity contribution in [2.45, 2.75) is 26.7 Å². The molecule has 0 bridgehead atoms. The van der Waals surface area contributed by atoms with Crippen LogP contribution in [0.5, 0.6) is 0 Å². The SMILES string of the molecule is C=CCC(/C=C\C)=C\C=C(/C)Cc1c(N(C=C)c2ccc(Br)cc2)c2sc3c4ccccc4ccc3c2c2ccccc12. The van der Waals surface area contributed by atoms with Crippen LogP contribution in [0.2, 0.25) is 0 Å². The third-order valence-corrected chi connectivity index (χ3v) is 9.70. The average Bonchev–Trinajstić information content (AvgIpc) is 3.42. The molecule has 0 unspecified atom stereocenters. The van der Waals surface area contributed by atoms with Crippen LogP contribution in [0.4, 0.5) is 11.4 Å². The highest BCUT2D eigenvalue weighted by Gasteiger charge is 2.23. The molecule has 0 radical (unpaired) electrons. The number of thiophene rings is 1. The first-order valence-electron chi connectivity index (χ1n) is 14.6. The maximum absolute atomic E-state index is 4.33. The summed E-state index contributed by atoms with van der Waals surface area (Å²) in [4.78, 5) is 2.28. The monoisotopic (exact) mass is 639 g/mol. The quantitative estimate of drug-likeness (QED) is 0.112. The van der Waals surface area contributed by atoms with Crippen LogP contribution in [-0.4, -0.2) is 0 Å². The summed E-state index contributed by atoms with van der Waals surface area (Å²) in [6.07, 6.45) is 14.3. The van der Waals surface area contributed by atoms with E-state index < -0.39 is 0 Å². The average molecular weight is 641 g/mol. The number of benzene rings is 5. The lowest BCUT2D eigenvalue weighted by atomic mass is 9.92. The van der Waals surface area contributed by atoms with Gasteiger partial charge in [-0.05, 0) is 83.6 Å². The first-order chi connectivity index (χ1) is 21.0. The Balaban J connectivity index is 1.70. The first-order valence-corrected chi connectivity index (χ1v) is 16.2. The normalized spacial score (nSPS) is 12.6. The van der Waals surface area contributed by atoms with Gasteiger partial charge in [0, 0.05) is 31.8 Å². The maximum Gasteiger partial charge on any atom is 0.0675 e. The highest BCUT2D eigenvalue weighted by Crippen LogP contribution is 2.50. The van der Waals surface area contributed by atoms with Crippen LogP contribution in [0.3, 0.4) is 0 Å². The van der Waals surface area contributed by atoms with Crippen molar-refractivity contribution in [3.05, 3.63) is 156 Å². The number of halogens is 1. The third-order valence-electron chi connectivity index (χ3n) is 7.93. The Hall–Kier alpha value is -4.18. The van der Waals surface area contributed by atoms with Crippen molar-refractivity contribution in [1.29, 1.82) is 0 Å². The van der Waals surface area contributed by atoms with Crippen molar-refractivity contribution >= 4 is 80.4 Å². The minimum atomic E-state index is 0.815. The molecule has 0 atom stereocenters. The summed E-state index contributed by atoms with van der Waals surface area (Å²) >= 11 is 5.52. The smallest absolute Gasteiger partial charge is 0.0675 e. The predicted octanol–water partition coefficient (Wildman–Crippen LogP) is 13.0. The van der Waals surface area contributed by atoms with Crippen LogP contribution in [0.25, 0.3) is 41.7 Å². The van der Waals surface area contributed by atoms with Crippen molar-refractivity contribution in [3.63, 3.8) is 0 Å². The fourth-order valence-electron chi connectivity index (χ4n) is 6.01. The second-order valence-electron chi connectivity index (χ2n) is 10.8. The molecular weight excluding hydrogens is 606 g/mol. The van der Waals surface area contributed by atoms with E-state index in [1.165, 1.54) is 64.1 Å². The van der Waals surface area contributed by atoms with Gasteiger partial charge in [-0.1, -0.05) is 119 Å². The molecule has 5 aromatic carbocycles. The molecule has 0 fully saturated rings. The summed E-state index contributed by atoms with van der Waals surface area (Å²) < 4.78 is 3.67.